The van der Waals surface area contributed by atoms with E-state index < -0.39 is 5.60 Å². The van der Waals surface area contributed by atoms with Crippen LogP contribution in [0.5, 0.6) is 0 Å². The van der Waals surface area contributed by atoms with Crippen LogP contribution in [0.2, 0.25) is 5.02 Å². The smallest absolute Gasteiger partial charge is 0.0946 e. The number of fused-ring (bicyclic) bond motifs is 1. The summed E-state index contributed by atoms with van der Waals surface area (Å²) in [6, 6.07) is 7.50. The molecule has 4 heteroatoms. The van der Waals surface area contributed by atoms with E-state index in [1.165, 1.54) is 0 Å². The Hall–Kier alpha value is -1.16. The molecule has 0 saturated heterocycles. The molecule has 3 nitrogen and oxygen atoms in total. The Morgan fingerprint density at radius 3 is 2.89 bits per heavy atom. The predicted molar refractivity (Wildman–Crippen MR) is 70.7 cm³/mol. The molecule has 0 aliphatic heterocycles. The third kappa shape index (κ3) is 1.79. The van der Waals surface area contributed by atoms with E-state index in [1.807, 2.05) is 18.2 Å². The topological polar surface area (TPSA) is 42.4 Å². The van der Waals surface area contributed by atoms with E-state index in [9.17, 15) is 5.11 Å². The second-order valence-electron chi connectivity index (χ2n) is 4.82. The standard InChI is InChI=1S/C14H14ClNO2/c1-18-10-7-14(17,8-10)9-2-3-13-11(6-9)12(15)4-5-16-13/h2-6,10,17H,7-8H2,1H3. The van der Waals surface area contributed by atoms with Crippen molar-refractivity contribution >= 4 is 22.5 Å². The van der Waals surface area contributed by atoms with E-state index in [0.29, 0.717) is 17.9 Å². The number of aliphatic hydroxyl groups is 1. The Kier molecular flexibility index (Phi) is 2.77. The second-order valence-corrected chi connectivity index (χ2v) is 5.23. The highest BCUT2D eigenvalue weighted by Gasteiger charge is 2.44. The zero-order valence-corrected chi connectivity index (χ0v) is 10.8. The van der Waals surface area contributed by atoms with Gasteiger partial charge in [-0.1, -0.05) is 17.7 Å². The van der Waals surface area contributed by atoms with Gasteiger partial charge in [-0.25, -0.2) is 0 Å². The SMILES string of the molecule is COC1CC(O)(c2ccc3nccc(Cl)c3c2)C1. The van der Waals surface area contributed by atoms with Gasteiger partial charge < -0.3 is 9.84 Å². The van der Waals surface area contributed by atoms with Crippen LogP contribution in [-0.2, 0) is 10.3 Å². The fraction of sp³-hybridized carbons (Fsp3) is 0.357. The van der Waals surface area contributed by atoms with Gasteiger partial charge in [0.2, 0.25) is 0 Å². The summed E-state index contributed by atoms with van der Waals surface area (Å²) in [5.41, 5.74) is 0.948. The van der Waals surface area contributed by atoms with Crippen molar-refractivity contribution in [1.82, 2.24) is 4.98 Å². The van der Waals surface area contributed by atoms with Gasteiger partial charge >= 0.3 is 0 Å². The van der Waals surface area contributed by atoms with E-state index in [0.717, 1.165) is 16.5 Å². The van der Waals surface area contributed by atoms with Crippen LogP contribution in [0.1, 0.15) is 18.4 Å². The lowest BCUT2D eigenvalue weighted by atomic mass is 9.72. The molecule has 0 spiro atoms. The lowest BCUT2D eigenvalue weighted by Gasteiger charge is -2.43. The molecular formula is C14H14ClNO2. The van der Waals surface area contributed by atoms with Crippen LogP contribution < -0.4 is 0 Å². The first-order chi connectivity index (χ1) is 8.62. The van der Waals surface area contributed by atoms with Gasteiger partial charge in [-0.2, -0.15) is 0 Å². The van der Waals surface area contributed by atoms with Crippen molar-refractivity contribution in [3.8, 4) is 0 Å². The number of rotatable bonds is 2. The van der Waals surface area contributed by atoms with Crippen LogP contribution in [0.3, 0.4) is 0 Å². The first-order valence-electron chi connectivity index (χ1n) is 5.92. The molecule has 94 valence electrons. The number of ether oxygens (including phenoxy) is 1. The molecule has 1 aromatic heterocycles. The highest BCUT2D eigenvalue weighted by atomic mass is 35.5. The normalized spacial score (nSPS) is 27.2. The molecule has 18 heavy (non-hydrogen) atoms. The lowest BCUT2D eigenvalue weighted by Crippen LogP contribution is -2.45. The molecule has 0 atom stereocenters. The van der Waals surface area contributed by atoms with Crippen LogP contribution in [0, 0.1) is 0 Å². The van der Waals surface area contributed by atoms with Crippen molar-refractivity contribution in [1.29, 1.82) is 0 Å². The summed E-state index contributed by atoms with van der Waals surface area (Å²) < 4.78 is 5.22. The Balaban J connectivity index is 2.01. The molecule has 2 aromatic rings. The number of hydrogen-bond acceptors (Lipinski definition) is 3. The minimum Gasteiger partial charge on any atom is -0.385 e. The average Bonchev–Trinajstić information content (AvgIpc) is 2.35. The summed E-state index contributed by atoms with van der Waals surface area (Å²) in [6.07, 6.45) is 3.10. The van der Waals surface area contributed by atoms with Gasteiger partial charge in [0.25, 0.3) is 0 Å². The quantitative estimate of drug-likeness (QED) is 0.906. The van der Waals surface area contributed by atoms with Crippen LogP contribution in [0.15, 0.2) is 30.5 Å². The Morgan fingerprint density at radius 1 is 1.39 bits per heavy atom. The minimum absolute atomic E-state index is 0.148. The Morgan fingerprint density at radius 2 is 2.17 bits per heavy atom. The van der Waals surface area contributed by atoms with Crippen LogP contribution in [0.25, 0.3) is 10.9 Å². The number of pyridine rings is 1. The molecule has 1 N–H and O–H groups in total. The van der Waals surface area contributed by atoms with Gasteiger partial charge in [-0.15, -0.1) is 0 Å². The van der Waals surface area contributed by atoms with E-state index in [2.05, 4.69) is 4.98 Å². The molecule has 3 rings (SSSR count). The number of aromatic nitrogens is 1. The molecule has 1 fully saturated rings. The first kappa shape index (κ1) is 11.9. The average molecular weight is 264 g/mol. The number of hydrogen-bond donors (Lipinski definition) is 1. The van der Waals surface area contributed by atoms with Crippen molar-refractivity contribution in [3.05, 3.63) is 41.0 Å². The molecule has 1 aliphatic rings. The van der Waals surface area contributed by atoms with E-state index in [4.69, 9.17) is 16.3 Å². The predicted octanol–water partition coefficient (Wildman–Crippen LogP) is 2.88. The molecule has 0 amide bonds. The maximum Gasteiger partial charge on any atom is 0.0946 e. The lowest BCUT2D eigenvalue weighted by molar-refractivity contribution is -0.133. The van der Waals surface area contributed by atoms with Crippen LogP contribution >= 0.6 is 11.6 Å². The summed E-state index contributed by atoms with van der Waals surface area (Å²) >= 11 is 6.15. The molecule has 1 heterocycles. The van der Waals surface area contributed by atoms with Gasteiger partial charge in [0.05, 0.1) is 22.2 Å². The number of methoxy groups -OCH3 is 1. The number of benzene rings is 1. The highest BCUT2D eigenvalue weighted by molar-refractivity contribution is 6.35. The summed E-state index contributed by atoms with van der Waals surface area (Å²) in [5.74, 6) is 0. The van der Waals surface area contributed by atoms with Gasteiger partial charge in [0.1, 0.15) is 0 Å². The fourth-order valence-electron chi connectivity index (χ4n) is 2.50. The largest absolute Gasteiger partial charge is 0.385 e. The zero-order chi connectivity index (χ0) is 12.8. The van der Waals surface area contributed by atoms with E-state index in [-0.39, 0.29) is 6.10 Å². The monoisotopic (exact) mass is 263 g/mol. The molecule has 1 saturated carbocycles. The molecule has 0 radical (unpaired) electrons. The highest BCUT2D eigenvalue weighted by Crippen LogP contribution is 2.43. The number of nitrogens with zero attached hydrogens (tertiary/aromatic N) is 1. The van der Waals surface area contributed by atoms with Crippen molar-refractivity contribution in [2.45, 2.75) is 24.5 Å². The Bertz CT molecular complexity index is 593. The van der Waals surface area contributed by atoms with Crippen molar-refractivity contribution in [2.75, 3.05) is 7.11 Å². The molecule has 0 bridgehead atoms. The third-order valence-corrected chi connectivity index (χ3v) is 4.02. The second kappa shape index (κ2) is 4.19. The first-order valence-corrected chi connectivity index (χ1v) is 6.30. The summed E-state index contributed by atoms with van der Waals surface area (Å²) in [7, 11) is 1.67. The molecular weight excluding hydrogens is 250 g/mol. The fourth-order valence-corrected chi connectivity index (χ4v) is 2.71. The van der Waals surface area contributed by atoms with Gasteiger partial charge in [-0.05, 0) is 23.8 Å². The maximum atomic E-state index is 10.5. The Labute approximate surface area is 110 Å². The van der Waals surface area contributed by atoms with Crippen LogP contribution in [0.4, 0.5) is 0 Å². The molecule has 0 unspecified atom stereocenters. The van der Waals surface area contributed by atoms with Crippen molar-refractivity contribution in [3.63, 3.8) is 0 Å². The van der Waals surface area contributed by atoms with Crippen molar-refractivity contribution in [2.24, 2.45) is 0 Å². The van der Waals surface area contributed by atoms with E-state index >= 15 is 0 Å². The maximum absolute atomic E-state index is 10.5. The van der Waals surface area contributed by atoms with Gasteiger partial charge in [0.15, 0.2) is 0 Å². The van der Waals surface area contributed by atoms with E-state index in [1.54, 1.807) is 19.4 Å². The van der Waals surface area contributed by atoms with Gasteiger partial charge in [-0.3, -0.25) is 4.98 Å². The summed E-state index contributed by atoms with van der Waals surface area (Å²) in [6.45, 7) is 0. The molecule has 1 aliphatic carbocycles. The van der Waals surface area contributed by atoms with Gasteiger partial charge in [0, 0.05) is 31.5 Å². The van der Waals surface area contributed by atoms with Crippen molar-refractivity contribution < 1.29 is 9.84 Å². The zero-order valence-electron chi connectivity index (χ0n) is 10.1. The molecule has 1 aromatic carbocycles. The minimum atomic E-state index is -0.784. The number of halogens is 1. The van der Waals surface area contributed by atoms with Crippen LogP contribution in [-0.4, -0.2) is 23.3 Å². The summed E-state index contributed by atoms with van der Waals surface area (Å²) in [4.78, 5) is 4.25. The third-order valence-electron chi connectivity index (χ3n) is 3.69. The summed E-state index contributed by atoms with van der Waals surface area (Å²) in [5, 5.41) is 12.0.